The fourth-order valence-electron chi connectivity index (χ4n) is 3.22. The lowest BCUT2D eigenvalue weighted by atomic mass is 10.0. The van der Waals surface area contributed by atoms with Gasteiger partial charge in [0, 0.05) is 25.0 Å². The first-order chi connectivity index (χ1) is 12.7. The van der Waals surface area contributed by atoms with Crippen LogP contribution in [0.4, 0.5) is 0 Å². The third-order valence-corrected chi connectivity index (χ3v) is 5.67. The minimum absolute atomic E-state index is 0.309. The lowest BCUT2D eigenvalue weighted by Crippen LogP contribution is -2.38. The number of aryl methyl sites for hydroxylation is 2. The quantitative estimate of drug-likeness (QED) is 0.603. The number of phenolic OH excluding ortho intramolecular Hbond substituents is 1. The standard InChI is InChI=1S/C20H28N4OS/c1-3-21-20(22-12-11-15-7-6-8-16(25)13-15)24(2)14-19-23-17-9-4-5-10-18(17)26-19/h6-8,13,25H,3-5,9-12,14H2,1-2H3,(H,21,22). The molecule has 0 amide bonds. The molecule has 0 bridgehead atoms. The molecular formula is C20H28N4OS. The van der Waals surface area contributed by atoms with Crippen LogP contribution in [0.3, 0.4) is 0 Å². The summed E-state index contributed by atoms with van der Waals surface area (Å²) in [7, 11) is 2.07. The molecule has 1 heterocycles. The zero-order chi connectivity index (χ0) is 18.4. The number of rotatable bonds is 6. The summed E-state index contributed by atoms with van der Waals surface area (Å²) in [6.45, 7) is 4.39. The van der Waals surface area contributed by atoms with E-state index in [0.29, 0.717) is 12.3 Å². The Balaban J connectivity index is 1.61. The van der Waals surface area contributed by atoms with E-state index in [0.717, 1.165) is 37.5 Å². The number of aromatic nitrogens is 1. The highest BCUT2D eigenvalue weighted by atomic mass is 32.1. The fourth-order valence-corrected chi connectivity index (χ4v) is 4.43. The topological polar surface area (TPSA) is 60.8 Å². The minimum atomic E-state index is 0.309. The first-order valence-corrected chi connectivity index (χ1v) is 10.2. The SMILES string of the molecule is CCNC(=NCCc1cccc(O)c1)N(C)Cc1nc2c(s1)CCCC2. The molecule has 1 aromatic heterocycles. The molecule has 1 aromatic carbocycles. The van der Waals surface area contributed by atoms with Gasteiger partial charge in [0.25, 0.3) is 0 Å². The predicted octanol–water partition coefficient (Wildman–Crippen LogP) is 3.37. The van der Waals surface area contributed by atoms with E-state index in [9.17, 15) is 5.11 Å². The summed E-state index contributed by atoms with van der Waals surface area (Å²) in [5.74, 6) is 1.21. The van der Waals surface area contributed by atoms with Gasteiger partial charge in [0.1, 0.15) is 10.8 Å². The van der Waals surface area contributed by atoms with E-state index in [-0.39, 0.29) is 0 Å². The van der Waals surface area contributed by atoms with Crippen LogP contribution in [0.2, 0.25) is 0 Å². The fraction of sp³-hybridized carbons (Fsp3) is 0.500. The maximum Gasteiger partial charge on any atom is 0.194 e. The van der Waals surface area contributed by atoms with Gasteiger partial charge in [-0.3, -0.25) is 4.99 Å². The van der Waals surface area contributed by atoms with Crippen molar-refractivity contribution in [3.8, 4) is 5.75 Å². The van der Waals surface area contributed by atoms with Crippen molar-refractivity contribution < 1.29 is 5.11 Å². The van der Waals surface area contributed by atoms with Crippen LogP contribution in [0.5, 0.6) is 5.75 Å². The molecule has 0 spiro atoms. The van der Waals surface area contributed by atoms with Crippen molar-refractivity contribution in [2.45, 2.75) is 45.6 Å². The molecule has 6 heteroatoms. The Morgan fingerprint density at radius 1 is 1.35 bits per heavy atom. The van der Waals surface area contributed by atoms with E-state index in [1.54, 1.807) is 12.1 Å². The van der Waals surface area contributed by atoms with Gasteiger partial charge in [-0.2, -0.15) is 0 Å². The van der Waals surface area contributed by atoms with Gasteiger partial charge in [-0.15, -0.1) is 11.3 Å². The Morgan fingerprint density at radius 3 is 2.96 bits per heavy atom. The number of thiazole rings is 1. The molecule has 0 fully saturated rings. The van der Waals surface area contributed by atoms with Gasteiger partial charge < -0.3 is 15.3 Å². The number of hydrogen-bond acceptors (Lipinski definition) is 4. The second-order valence-corrected chi connectivity index (χ2v) is 7.86. The summed E-state index contributed by atoms with van der Waals surface area (Å²) in [6.07, 6.45) is 5.69. The lowest BCUT2D eigenvalue weighted by molar-refractivity contribution is 0.473. The Kier molecular flexibility index (Phi) is 6.50. The molecule has 0 aliphatic heterocycles. The monoisotopic (exact) mass is 372 g/mol. The van der Waals surface area contributed by atoms with E-state index in [4.69, 9.17) is 9.98 Å². The average molecular weight is 373 g/mol. The van der Waals surface area contributed by atoms with E-state index in [2.05, 4.69) is 24.2 Å². The molecule has 2 N–H and O–H groups in total. The average Bonchev–Trinajstić information content (AvgIpc) is 3.03. The summed E-state index contributed by atoms with van der Waals surface area (Å²) in [4.78, 5) is 13.2. The molecule has 2 aromatic rings. The molecule has 0 saturated carbocycles. The van der Waals surface area contributed by atoms with Crippen molar-refractivity contribution in [3.63, 3.8) is 0 Å². The number of nitrogens with one attached hydrogen (secondary N) is 1. The van der Waals surface area contributed by atoms with Crippen LogP contribution >= 0.6 is 11.3 Å². The van der Waals surface area contributed by atoms with Crippen LogP contribution in [-0.2, 0) is 25.8 Å². The van der Waals surface area contributed by atoms with Crippen molar-refractivity contribution in [2.75, 3.05) is 20.1 Å². The van der Waals surface area contributed by atoms with Gasteiger partial charge in [0.15, 0.2) is 5.96 Å². The van der Waals surface area contributed by atoms with Crippen molar-refractivity contribution in [1.29, 1.82) is 0 Å². The first kappa shape index (κ1) is 18.7. The van der Waals surface area contributed by atoms with Gasteiger partial charge in [-0.05, 0) is 56.7 Å². The van der Waals surface area contributed by atoms with Crippen LogP contribution in [-0.4, -0.2) is 41.1 Å². The Bertz CT molecular complexity index is 733. The smallest absolute Gasteiger partial charge is 0.194 e. The summed E-state index contributed by atoms with van der Waals surface area (Å²) >= 11 is 1.86. The van der Waals surface area contributed by atoms with Crippen LogP contribution in [0.1, 0.15) is 40.9 Å². The van der Waals surface area contributed by atoms with Gasteiger partial charge in [0.2, 0.25) is 0 Å². The van der Waals surface area contributed by atoms with Crippen molar-refractivity contribution in [1.82, 2.24) is 15.2 Å². The van der Waals surface area contributed by atoms with Crippen molar-refractivity contribution in [3.05, 3.63) is 45.4 Å². The largest absolute Gasteiger partial charge is 0.508 e. The van der Waals surface area contributed by atoms with E-state index in [1.807, 2.05) is 23.5 Å². The molecule has 1 aliphatic rings. The van der Waals surface area contributed by atoms with E-state index < -0.39 is 0 Å². The number of fused-ring (bicyclic) bond motifs is 1. The summed E-state index contributed by atoms with van der Waals surface area (Å²) < 4.78 is 0. The molecule has 0 unspecified atom stereocenters. The molecule has 1 aliphatic carbocycles. The van der Waals surface area contributed by atoms with Crippen LogP contribution in [0, 0.1) is 0 Å². The van der Waals surface area contributed by atoms with Crippen molar-refractivity contribution in [2.24, 2.45) is 4.99 Å². The molecular weight excluding hydrogens is 344 g/mol. The highest BCUT2D eigenvalue weighted by molar-refractivity contribution is 7.11. The Hall–Kier alpha value is -2.08. The molecule has 0 atom stereocenters. The van der Waals surface area contributed by atoms with Crippen LogP contribution in [0.25, 0.3) is 0 Å². The maximum absolute atomic E-state index is 9.57. The number of phenols is 1. The molecule has 0 radical (unpaired) electrons. The second-order valence-electron chi connectivity index (χ2n) is 6.70. The van der Waals surface area contributed by atoms with Gasteiger partial charge in [0.05, 0.1) is 12.2 Å². The zero-order valence-electron chi connectivity index (χ0n) is 15.7. The zero-order valence-corrected chi connectivity index (χ0v) is 16.5. The number of guanidine groups is 1. The third kappa shape index (κ3) is 4.97. The molecule has 26 heavy (non-hydrogen) atoms. The Morgan fingerprint density at radius 2 is 2.19 bits per heavy atom. The summed E-state index contributed by atoms with van der Waals surface area (Å²) in [5.41, 5.74) is 2.41. The van der Waals surface area contributed by atoms with Gasteiger partial charge in [-0.1, -0.05) is 12.1 Å². The molecule has 0 saturated heterocycles. The number of aliphatic imine (C=N–C) groups is 1. The maximum atomic E-state index is 9.57. The van der Waals surface area contributed by atoms with E-state index >= 15 is 0 Å². The molecule has 5 nitrogen and oxygen atoms in total. The lowest BCUT2D eigenvalue weighted by Gasteiger charge is -2.21. The first-order valence-electron chi connectivity index (χ1n) is 9.40. The van der Waals surface area contributed by atoms with Gasteiger partial charge >= 0.3 is 0 Å². The summed E-state index contributed by atoms with van der Waals surface area (Å²) in [5, 5.41) is 14.1. The summed E-state index contributed by atoms with van der Waals surface area (Å²) in [6, 6.07) is 7.38. The predicted molar refractivity (Wildman–Crippen MR) is 108 cm³/mol. The minimum Gasteiger partial charge on any atom is -0.508 e. The Labute approximate surface area is 159 Å². The molecule has 3 rings (SSSR count). The number of aromatic hydroxyl groups is 1. The molecule has 140 valence electrons. The highest BCUT2D eigenvalue weighted by Gasteiger charge is 2.16. The number of hydrogen-bond donors (Lipinski definition) is 2. The highest BCUT2D eigenvalue weighted by Crippen LogP contribution is 2.27. The number of nitrogens with zero attached hydrogens (tertiary/aromatic N) is 3. The van der Waals surface area contributed by atoms with E-state index in [1.165, 1.54) is 34.8 Å². The van der Waals surface area contributed by atoms with Gasteiger partial charge in [-0.25, -0.2) is 4.98 Å². The number of benzene rings is 1. The third-order valence-electron chi connectivity index (χ3n) is 4.53. The van der Waals surface area contributed by atoms with Crippen molar-refractivity contribution >= 4 is 17.3 Å². The van der Waals surface area contributed by atoms with Crippen LogP contribution < -0.4 is 5.32 Å². The normalized spacial score (nSPS) is 14.2. The van der Waals surface area contributed by atoms with Crippen LogP contribution in [0.15, 0.2) is 29.3 Å². The second kappa shape index (κ2) is 9.03.